The Morgan fingerprint density at radius 2 is 1.14 bits per heavy atom. The molecule has 0 amide bonds. The van der Waals surface area contributed by atoms with E-state index in [0.717, 1.165) is 24.3 Å². The second-order valence-corrected chi connectivity index (χ2v) is 20.8. The molecular formula is C50H82N4O2+4. The largest absolute Gasteiger partial charge is 0.705 e. The van der Waals surface area contributed by atoms with E-state index in [-0.39, 0.29) is 21.9 Å². The van der Waals surface area contributed by atoms with Gasteiger partial charge in [-0.1, -0.05) is 62.8 Å². The highest BCUT2D eigenvalue weighted by molar-refractivity contribution is 5.84. The molecule has 1 saturated carbocycles. The fraction of sp³-hybridized carbons (Fsp3) is 0.720. The van der Waals surface area contributed by atoms with Crippen molar-refractivity contribution in [3.63, 3.8) is 0 Å². The second kappa shape index (κ2) is 15.5. The highest BCUT2D eigenvalue weighted by Crippen LogP contribution is 2.56. The van der Waals surface area contributed by atoms with Gasteiger partial charge in [0.05, 0.1) is 63.5 Å². The Morgan fingerprint density at radius 3 is 1.61 bits per heavy atom. The van der Waals surface area contributed by atoms with Crippen molar-refractivity contribution in [2.45, 2.75) is 182 Å². The maximum absolute atomic E-state index is 7.53. The van der Waals surface area contributed by atoms with Gasteiger partial charge in [0.25, 0.3) is 0 Å². The van der Waals surface area contributed by atoms with Crippen LogP contribution in [-0.2, 0) is 10.8 Å². The predicted molar refractivity (Wildman–Crippen MR) is 235 cm³/mol. The van der Waals surface area contributed by atoms with Crippen molar-refractivity contribution in [3.05, 3.63) is 58.1 Å². The van der Waals surface area contributed by atoms with Crippen LogP contribution in [0.25, 0.3) is 0 Å². The van der Waals surface area contributed by atoms with E-state index in [0.29, 0.717) is 5.92 Å². The van der Waals surface area contributed by atoms with Crippen molar-refractivity contribution in [1.82, 2.24) is 0 Å². The molecule has 1 unspecified atom stereocenters. The SMILES string of the molecule is CC[N+](CC)(CC)CCCC(CCC[N+](CC)(CC)CC)c1ccc2c(c1)C=[N+]1C3(O2)Oc2c(cc(C(C)(C)C)cc2C(C)(C)C)C=[N+]3[C@@]2(C)CCCC[C@]12C. The third-order valence-corrected chi connectivity index (χ3v) is 16.1. The average molecular weight is 771 g/mol. The maximum atomic E-state index is 7.53. The number of hydrogen-bond donors (Lipinski definition) is 0. The summed E-state index contributed by atoms with van der Waals surface area (Å²) < 4.78 is 22.4. The molecule has 2 aromatic rings. The first-order chi connectivity index (χ1) is 26.3. The minimum Gasteiger partial charge on any atom is -0.341 e. The summed E-state index contributed by atoms with van der Waals surface area (Å²) in [5.74, 6) is 2.43. The van der Waals surface area contributed by atoms with Gasteiger partial charge >= 0.3 is 6.03 Å². The van der Waals surface area contributed by atoms with E-state index < -0.39 is 6.03 Å². The van der Waals surface area contributed by atoms with Crippen LogP contribution >= 0.6 is 0 Å². The molecule has 1 aliphatic carbocycles. The van der Waals surface area contributed by atoms with Crippen LogP contribution in [0.2, 0.25) is 0 Å². The summed E-state index contributed by atoms with van der Waals surface area (Å²) in [6.45, 7) is 43.0. The Morgan fingerprint density at radius 1 is 0.643 bits per heavy atom. The summed E-state index contributed by atoms with van der Waals surface area (Å²) in [6.07, 6.45) is 14.5. The van der Waals surface area contributed by atoms with Crippen molar-refractivity contribution in [3.8, 4) is 11.5 Å². The summed E-state index contributed by atoms with van der Waals surface area (Å²) >= 11 is 0. The van der Waals surface area contributed by atoms with E-state index in [1.165, 1.54) is 128 Å². The highest BCUT2D eigenvalue weighted by Gasteiger charge is 2.86. The molecule has 0 radical (unpaired) electrons. The van der Waals surface area contributed by atoms with E-state index in [9.17, 15) is 0 Å². The lowest BCUT2D eigenvalue weighted by molar-refractivity contribution is -0.923. The fourth-order valence-electron chi connectivity index (χ4n) is 11.2. The van der Waals surface area contributed by atoms with Gasteiger partial charge in [0.1, 0.15) is 0 Å². The van der Waals surface area contributed by atoms with Crippen LogP contribution in [0.1, 0.15) is 182 Å². The van der Waals surface area contributed by atoms with Crippen molar-refractivity contribution in [2.24, 2.45) is 0 Å². The first-order valence-electron chi connectivity index (χ1n) is 23.0. The van der Waals surface area contributed by atoms with E-state index >= 15 is 0 Å². The molecule has 0 aromatic heterocycles. The molecule has 3 atom stereocenters. The lowest BCUT2D eigenvalue weighted by atomic mass is 9.69. The fourth-order valence-corrected chi connectivity index (χ4v) is 11.2. The maximum Gasteiger partial charge on any atom is 0.705 e. The van der Waals surface area contributed by atoms with Crippen LogP contribution < -0.4 is 9.47 Å². The number of ether oxygens (including phenoxy) is 2. The van der Waals surface area contributed by atoms with Crippen LogP contribution in [0, 0.1) is 0 Å². The Kier molecular flexibility index (Phi) is 11.9. The summed E-state index contributed by atoms with van der Waals surface area (Å²) in [5.41, 5.74) is 6.02. The van der Waals surface area contributed by atoms with Crippen LogP contribution in [0.5, 0.6) is 11.5 Å². The topological polar surface area (TPSA) is 24.5 Å². The van der Waals surface area contributed by atoms with Gasteiger partial charge in [-0.25, -0.2) is 0 Å². The van der Waals surface area contributed by atoms with Gasteiger partial charge in [-0.3, -0.25) is 0 Å². The third kappa shape index (κ3) is 7.20. The number of hydrogen-bond acceptors (Lipinski definition) is 2. The van der Waals surface area contributed by atoms with Crippen molar-refractivity contribution < 1.29 is 27.6 Å². The van der Waals surface area contributed by atoms with Gasteiger partial charge in [0.15, 0.2) is 23.9 Å². The van der Waals surface area contributed by atoms with Gasteiger partial charge in [0, 0.05) is 32.3 Å². The summed E-state index contributed by atoms with van der Waals surface area (Å²) in [5, 5.41) is 0. The number of benzene rings is 2. The Labute approximate surface area is 343 Å². The smallest absolute Gasteiger partial charge is 0.341 e. The minimum atomic E-state index is -1.08. The Balaban J connectivity index is 1.43. The average Bonchev–Trinajstić information content (AvgIpc) is 3.34. The molecule has 0 bridgehead atoms. The van der Waals surface area contributed by atoms with Gasteiger partial charge in [-0.05, 0) is 126 Å². The molecule has 3 aliphatic heterocycles. The molecule has 310 valence electrons. The molecule has 1 saturated heterocycles. The molecular weight excluding hydrogens is 689 g/mol. The van der Waals surface area contributed by atoms with Gasteiger partial charge in [0.2, 0.25) is 11.1 Å². The number of rotatable bonds is 15. The molecule has 6 nitrogen and oxygen atoms in total. The van der Waals surface area contributed by atoms with Crippen molar-refractivity contribution in [2.75, 3.05) is 52.4 Å². The van der Waals surface area contributed by atoms with Gasteiger partial charge in [-0.2, -0.15) is 0 Å². The van der Waals surface area contributed by atoms with E-state index in [1.54, 1.807) is 0 Å². The van der Waals surface area contributed by atoms with Gasteiger partial charge < -0.3 is 18.4 Å². The highest BCUT2D eigenvalue weighted by atomic mass is 16.7. The zero-order valence-corrected chi connectivity index (χ0v) is 38.5. The molecule has 0 N–H and O–H groups in total. The Hall–Kier alpha value is -2.70. The summed E-state index contributed by atoms with van der Waals surface area (Å²) in [4.78, 5) is 0. The van der Waals surface area contributed by atoms with Crippen LogP contribution in [0.3, 0.4) is 0 Å². The van der Waals surface area contributed by atoms with Crippen molar-refractivity contribution in [1.29, 1.82) is 0 Å². The normalized spacial score (nSPS) is 24.6. The van der Waals surface area contributed by atoms with E-state index in [4.69, 9.17) is 9.47 Å². The molecule has 56 heavy (non-hydrogen) atoms. The summed E-state index contributed by atoms with van der Waals surface area (Å²) in [6, 6.07) is 10.9. The van der Waals surface area contributed by atoms with Crippen LogP contribution in [0.4, 0.5) is 0 Å². The molecule has 2 fully saturated rings. The zero-order chi connectivity index (χ0) is 41.0. The number of quaternary nitrogens is 2. The quantitative estimate of drug-likeness (QED) is 0.133. The van der Waals surface area contributed by atoms with E-state index in [2.05, 4.69) is 149 Å². The molecule has 1 spiro atoms. The lowest BCUT2D eigenvalue weighted by Crippen LogP contribution is -2.61. The minimum absolute atomic E-state index is 0.0242. The van der Waals surface area contributed by atoms with Crippen molar-refractivity contribution >= 4 is 12.4 Å². The molecule has 3 heterocycles. The molecule has 6 heteroatoms. The monoisotopic (exact) mass is 771 g/mol. The van der Waals surface area contributed by atoms with Crippen LogP contribution in [-0.4, -0.2) is 100 Å². The first-order valence-corrected chi connectivity index (χ1v) is 23.0. The van der Waals surface area contributed by atoms with Crippen LogP contribution in [0.15, 0.2) is 30.3 Å². The predicted octanol–water partition coefficient (Wildman–Crippen LogP) is 10.7. The van der Waals surface area contributed by atoms with Gasteiger partial charge in [-0.15, -0.1) is 0 Å². The summed E-state index contributed by atoms with van der Waals surface area (Å²) in [7, 11) is 0. The number of nitrogens with zero attached hydrogens (tertiary/aromatic N) is 4. The molecule has 6 rings (SSSR count). The van der Waals surface area contributed by atoms with E-state index in [1.807, 2.05) is 0 Å². The number of fused-ring (bicyclic) bond motifs is 5. The molecule has 2 aromatic carbocycles. The first kappa shape index (κ1) is 42.9. The second-order valence-electron chi connectivity index (χ2n) is 20.8. The molecule has 4 aliphatic rings. The standard InChI is InChI=1S/C50H82N4O2/c1-15-53(16-2,17-3)31-23-25-38(26-24-32-54(18-4,19-5)20-6)39-27-28-44-40(33-39)36-51-48(13)29-21-22-30-49(48,14)52-37-41-34-42(46(7,8)9)35-43(47(10,11)12)45(41)56-50(51,52)55-44/h27-28,33-38H,15-26,29-32H2,1-14H3/q+4/t48-,49-,50?/m0/s1. The lowest BCUT2D eigenvalue weighted by Gasteiger charge is -2.37. The Bertz CT molecular complexity index is 1760. The zero-order valence-electron chi connectivity index (χ0n) is 38.5. The third-order valence-electron chi connectivity index (χ3n) is 16.1.